The molecule has 0 aromatic heterocycles. The quantitative estimate of drug-likeness (QED) is 0.0640. The van der Waals surface area contributed by atoms with Crippen molar-refractivity contribution < 1.29 is 39.6 Å². The summed E-state index contributed by atoms with van der Waals surface area (Å²) in [6.45, 7) is 64.5. The summed E-state index contributed by atoms with van der Waals surface area (Å²) in [5.41, 5.74) is -1.34. The number of aromatic hydroxyl groups is 4. The van der Waals surface area contributed by atoms with Crippen LogP contribution in [0.15, 0.2) is 97.1 Å². The molecule has 0 aliphatic heterocycles. The summed E-state index contributed by atoms with van der Waals surface area (Å²) in [6.07, 6.45) is -0.842. The lowest BCUT2D eigenvalue weighted by Crippen LogP contribution is -2.55. The first-order valence-electron chi connectivity index (χ1n) is 28.6. The molecule has 0 aliphatic carbocycles. The maximum atomic E-state index is 16.4. The third-order valence-electron chi connectivity index (χ3n) is 15.5. The number of benzene rings is 4. The average Bonchev–Trinajstić information content (AvgIpc) is 3.27. The predicted molar refractivity (Wildman–Crippen MR) is 336 cm³/mol. The Morgan fingerprint density at radius 3 is 0.481 bits per heavy atom. The van der Waals surface area contributed by atoms with Crippen LogP contribution in [0.4, 0.5) is 0 Å². The number of carbonyl (C=O) groups excluding carboxylic acids is 4. The highest BCUT2D eigenvalue weighted by Crippen LogP contribution is 2.46. The number of hydrogen-bond acceptors (Lipinski definition) is 8. The van der Waals surface area contributed by atoms with Gasteiger partial charge in [0, 0.05) is 25.7 Å². The van der Waals surface area contributed by atoms with E-state index in [0.29, 0.717) is 66.8 Å². The zero-order valence-electron chi connectivity index (χ0n) is 54.2. The summed E-state index contributed by atoms with van der Waals surface area (Å²) in [6, 6.07) is 14.4. The Hall–Kier alpha value is -6.28. The number of phenolic OH excluding ortho intramolecular Hbond substituents is 4. The normalized spacial score (nSPS) is 13.2. The fraction of sp³-hybridized carbons (Fsp3) is 0.507. The minimum atomic E-state index is -3.19. The van der Waals surface area contributed by atoms with Gasteiger partial charge in [-0.2, -0.15) is 0 Å². The van der Waals surface area contributed by atoms with E-state index in [-0.39, 0.29) is 71.0 Å². The second-order valence-electron chi connectivity index (χ2n) is 31.3. The van der Waals surface area contributed by atoms with Crippen LogP contribution in [0.5, 0.6) is 23.0 Å². The first kappa shape index (κ1) is 67.2. The molecular weight excluding hydrogens is 1000 g/mol. The van der Waals surface area contributed by atoms with Crippen molar-refractivity contribution in [3.63, 3.8) is 0 Å². The lowest BCUT2D eigenvalue weighted by Gasteiger charge is -2.33. The highest BCUT2D eigenvalue weighted by atomic mass is 16.3. The highest BCUT2D eigenvalue weighted by molar-refractivity contribution is 6.48. The smallest absolute Gasteiger partial charge is 0.220 e. The van der Waals surface area contributed by atoms with Crippen molar-refractivity contribution in [1.82, 2.24) is 0 Å². The van der Waals surface area contributed by atoms with Crippen LogP contribution < -0.4 is 0 Å². The Morgan fingerprint density at radius 2 is 0.383 bits per heavy atom. The van der Waals surface area contributed by atoms with Gasteiger partial charge in [-0.05, 0) is 132 Å². The maximum Gasteiger partial charge on any atom is 0.220 e. The van der Waals surface area contributed by atoms with Gasteiger partial charge in [0.1, 0.15) is 23.0 Å². The van der Waals surface area contributed by atoms with E-state index in [2.05, 4.69) is 26.3 Å². The molecule has 0 atom stereocenters. The third-order valence-corrected chi connectivity index (χ3v) is 15.5. The van der Waals surface area contributed by atoms with Crippen LogP contribution in [0, 0.1) is 5.41 Å². The van der Waals surface area contributed by atoms with Gasteiger partial charge < -0.3 is 20.4 Å². The standard InChI is InChI=1S/C73H100O8/c1-41(29-45-33-49(65(5,6)7)57(74)50(34-45)66(8,9)10)61(78)73(62(79)42(2)30-46-35-51(67(11,12)13)58(75)52(36-46)68(14,15)16,63(80)43(3)31-47-37-53(69(17,18)19)59(76)54(38-47)70(20,21)22)64(81)44(4)32-48-39-55(71(23,24)25)60(77)56(40-48)72(26,27)28/h33-40,74-77H,1-4,29-32H2,5-28H3. The molecule has 0 bridgehead atoms. The Kier molecular flexibility index (Phi) is 18.6. The lowest BCUT2D eigenvalue weighted by molar-refractivity contribution is -0.150. The van der Waals surface area contributed by atoms with E-state index in [9.17, 15) is 20.4 Å². The molecule has 440 valence electrons. The summed E-state index contributed by atoms with van der Waals surface area (Å²) >= 11 is 0. The molecule has 0 unspecified atom stereocenters. The summed E-state index contributed by atoms with van der Waals surface area (Å²) in [4.78, 5) is 65.6. The molecule has 4 aromatic rings. The zero-order valence-corrected chi connectivity index (χ0v) is 54.2. The molecular formula is C73H100O8. The fourth-order valence-electron chi connectivity index (χ4n) is 10.7. The van der Waals surface area contributed by atoms with Crippen molar-refractivity contribution in [3.8, 4) is 23.0 Å². The monoisotopic (exact) mass is 1100 g/mol. The van der Waals surface area contributed by atoms with Gasteiger partial charge in [0.2, 0.25) is 5.41 Å². The summed E-state index contributed by atoms with van der Waals surface area (Å²) in [5.74, 6) is -4.10. The van der Waals surface area contributed by atoms with Gasteiger partial charge in [0.15, 0.2) is 23.1 Å². The van der Waals surface area contributed by atoms with Gasteiger partial charge in [0.05, 0.1) is 0 Å². The second kappa shape index (κ2) is 22.5. The van der Waals surface area contributed by atoms with Gasteiger partial charge >= 0.3 is 0 Å². The summed E-state index contributed by atoms with van der Waals surface area (Å²) < 4.78 is 0. The van der Waals surface area contributed by atoms with Crippen LogP contribution in [0.2, 0.25) is 0 Å². The van der Waals surface area contributed by atoms with Gasteiger partial charge in [-0.3, -0.25) is 19.2 Å². The number of ketones is 4. The Balaban J connectivity index is 2.20. The zero-order chi connectivity index (χ0) is 62.8. The van der Waals surface area contributed by atoms with Crippen molar-refractivity contribution >= 4 is 23.1 Å². The molecule has 8 nitrogen and oxygen atoms in total. The highest BCUT2D eigenvalue weighted by Gasteiger charge is 2.60. The van der Waals surface area contributed by atoms with E-state index in [1.165, 1.54) is 0 Å². The van der Waals surface area contributed by atoms with Gasteiger partial charge in [-0.15, -0.1) is 0 Å². The van der Waals surface area contributed by atoms with Crippen molar-refractivity contribution in [3.05, 3.63) is 164 Å². The molecule has 0 radical (unpaired) electrons. The number of phenols is 4. The molecule has 4 N–H and O–H groups in total. The molecule has 0 amide bonds. The minimum absolute atomic E-state index is 0.116. The summed E-state index contributed by atoms with van der Waals surface area (Å²) in [5, 5.41) is 47.0. The first-order valence-corrected chi connectivity index (χ1v) is 28.6. The molecule has 0 fully saturated rings. The predicted octanol–water partition coefficient (Wildman–Crippen LogP) is 16.6. The largest absolute Gasteiger partial charge is 0.507 e. The molecule has 4 rings (SSSR count). The van der Waals surface area contributed by atoms with Crippen LogP contribution in [0.25, 0.3) is 0 Å². The van der Waals surface area contributed by atoms with Crippen LogP contribution >= 0.6 is 0 Å². The lowest BCUT2D eigenvalue weighted by atomic mass is 9.63. The molecule has 0 saturated carbocycles. The summed E-state index contributed by atoms with van der Waals surface area (Å²) in [7, 11) is 0. The number of allylic oxidation sites excluding steroid dienone is 4. The Labute approximate surface area is 488 Å². The molecule has 0 aliphatic rings. The Morgan fingerprint density at radius 1 is 0.272 bits per heavy atom. The van der Waals surface area contributed by atoms with Crippen LogP contribution in [-0.4, -0.2) is 43.6 Å². The SMILES string of the molecule is C=C(Cc1cc(C(C)(C)C)c(O)c(C(C)(C)C)c1)C(=O)C(C(=O)C(=C)Cc1cc(C(C)(C)C)c(O)c(C(C)(C)C)c1)(C(=O)C(=C)Cc1cc(C(C)(C)C)c(O)c(C(C)(C)C)c1)C(=O)C(=C)Cc1cc(C(C)(C)C)c(O)c(C(C)(C)C)c1. The minimum Gasteiger partial charge on any atom is -0.507 e. The van der Waals surface area contributed by atoms with Crippen molar-refractivity contribution in [2.24, 2.45) is 5.41 Å². The third kappa shape index (κ3) is 14.5. The van der Waals surface area contributed by atoms with Crippen LogP contribution in [0.1, 0.15) is 233 Å². The number of Topliss-reactive ketones (excluding diaryl/α,β-unsaturated/α-hetero) is 4. The molecule has 0 spiro atoms. The maximum absolute atomic E-state index is 16.4. The first-order chi connectivity index (χ1) is 36.2. The van der Waals surface area contributed by atoms with E-state index in [0.717, 1.165) is 0 Å². The van der Waals surface area contributed by atoms with E-state index < -0.39 is 71.9 Å². The molecule has 0 heterocycles. The van der Waals surface area contributed by atoms with Crippen molar-refractivity contribution in [1.29, 1.82) is 0 Å². The Bertz CT molecular complexity index is 2640. The molecule has 0 saturated heterocycles. The second-order valence-corrected chi connectivity index (χ2v) is 31.3. The number of hydrogen-bond donors (Lipinski definition) is 4. The van der Waals surface area contributed by atoms with E-state index >= 15 is 19.2 Å². The van der Waals surface area contributed by atoms with Crippen molar-refractivity contribution in [2.45, 2.75) is 235 Å². The van der Waals surface area contributed by atoms with E-state index in [1.54, 1.807) is 48.5 Å². The molecule has 8 heteroatoms. The average molecular weight is 1110 g/mol. The van der Waals surface area contributed by atoms with Crippen LogP contribution in [0.3, 0.4) is 0 Å². The molecule has 4 aromatic carbocycles. The van der Waals surface area contributed by atoms with Gasteiger partial charge in [-0.1, -0.05) is 241 Å². The van der Waals surface area contributed by atoms with Gasteiger partial charge in [0.25, 0.3) is 0 Å². The van der Waals surface area contributed by atoms with Crippen LogP contribution in [-0.2, 0) is 88.2 Å². The molecule has 81 heavy (non-hydrogen) atoms. The fourth-order valence-corrected chi connectivity index (χ4v) is 10.7. The topological polar surface area (TPSA) is 149 Å². The number of rotatable bonds is 16. The van der Waals surface area contributed by atoms with Gasteiger partial charge in [-0.25, -0.2) is 0 Å². The van der Waals surface area contributed by atoms with E-state index in [4.69, 9.17) is 0 Å². The number of carbonyl (C=O) groups is 4. The van der Waals surface area contributed by atoms with E-state index in [1.807, 2.05) is 166 Å². The van der Waals surface area contributed by atoms with Crippen molar-refractivity contribution in [2.75, 3.05) is 0 Å².